The standard InChI is InChI=1S/C48H34N10O2/c59-43-41(35-25-49-57-45(51-53-47(35)57)27-19-21-39-33(23-27)31-15-7-9-17-37(31)55(39)29-11-3-1-4-12-29)44(60)42(43)36-26-50-58-46(52-54-48(36)58)28-20-22-40-34(24-28)32-16-8-10-18-38(32)56(40)30-13-5-2-6-14-30/h1-26,41-44,53-54,59-60H. The largest absolute Gasteiger partial charge is 0.392 e. The summed E-state index contributed by atoms with van der Waals surface area (Å²) in [6.07, 6.45) is 1.63. The minimum Gasteiger partial charge on any atom is -0.392 e. The van der Waals surface area contributed by atoms with Gasteiger partial charge in [-0.3, -0.25) is 10.2 Å². The number of hydrogen-bond acceptors (Lipinski definition) is 6. The van der Waals surface area contributed by atoms with Crippen molar-refractivity contribution in [3.63, 3.8) is 0 Å². The number of rotatable bonds is 6. The molecule has 6 aromatic heterocycles. The first-order valence-electron chi connectivity index (χ1n) is 20.0. The molecule has 6 aromatic carbocycles. The van der Waals surface area contributed by atoms with Crippen LogP contribution in [0.4, 0.5) is 0 Å². The number of para-hydroxylation sites is 4. The lowest BCUT2D eigenvalue weighted by atomic mass is 9.64. The van der Waals surface area contributed by atoms with Gasteiger partial charge in [-0.2, -0.15) is 29.4 Å². The highest BCUT2D eigenvalue weighted by Crippen LogP contribution is 2.50. The van der Waals surface area contributed by atoms with Crippen LogP contribution in [0.5, 0.6) is 0 Å². The van der Waals surface area contributed by atoms with E-state index < -0.39 is 24.0 Å². The molecule has 1 saturated carbocycles. The van der Waals surface area contributed by atoms with Gasteiger partial charge in [0.05, 0.1) is 46.7 Å². The molecule has 0 spiro atoms. The Morgan fingerprint density at radius 3 is 1.28 bits per heavy atom. The summed E-state index contributed by atoms with van der Waals surface area (Å²) in [7, 11) is 0. The van der Waals surface area contributed by atoms with Crippen molar-refractivity contribution in [3.05, 3.63) is 169 Å². The Kier molecular flexibility index (Phi) is 6.84. The maximum Gasteiger partial charge on any atom is 0.182 e. The lowest BCUT2D eigenvalue weighted by Crippen LogP contribution is -2.51. The zero-order valence-electron chi connectivity index (χ0n) is 31.8. The molecular formula is C48H34N10O2. The van der Waals surface area contributed by atoms with Gasteiger partial charge in [0, 0.05) is 67.0 Å². The average Bonchev–Trinajstić information content (AvgIpc) is 4.16. The van der Waals surface area contributed by atoms with E-state index in [1.807, 2.05) is 12.1 Å². The summed E-state index contributed by atoms with van der Waals surface area (Å²) in [6.45, 7) is 0. The molecule has 1 fully saturated rings. The van der Waals surface area contributed by atoms with Gasteiger partial charge in [0.2, 0.25) is 0 Å². The van der Waals surface area contributed by atoms with E-state index >= 15 is 0 Å². The minimum atomic E-state index is -0.902. The van der Waals surface area contributed by atoms with E-state index in [2.05, 4.69) is 153 Å². The van der Waals surface area contributed by atoms with E-state index in [0.717, 1.165) is 66.1 Å². The summed E-state index contributed by atoms with van der Waals surface area (Å²) in [4.78, 5) is 0. The molecule has 60 heavy (non-hydrogen) atoms. The van der Waals surface area contributed by atoms with Crippen LogP contribution >= 0.6 is 0 Å². The zero-order chi connectivity index (χ0) is 39.6. The number of nitrogens with zero attached hydrogens (tertiary/aromatic N) is 8. The summed E-state index contributed by atoms with van der Waals surface area (Å²) < 4.78 is 8.07. The van der Waals surface area contributed by atoms with Crippen molar-refractivity contribution in [1.29, 1.82) is 0 Å². The number of aromatic nitrogens is 10. The van der Waals surface area contributed by atoms with Crippen LogP contribution in [0.3, 0.4) is 0 Å². The first kappa shape index (κ1) is 33.2. The van der Waals surface area contributed by atoms with Gasteiger partial charge in [-0.1, -0.05) is 72.8 Å². The summed E-state index contributed by atoms with van der Waals surface area (Å²) in [6, 6.07) is 50.2. The summed E-state index contributed by atoms with van der Waals surface area (Å²) in [5.74, 6) is 0.101. The highest BCUT2D eigenvalue weighted by molar-refractivity contribution is 6.11. The summed E-state index contributed by atoms with van der Waals surface area (Å²) in [5, 5.41) is 53.2. The Labute approximate surface area is 340 Å². The molecule has 0 unspecified atom stereocenters. The lowest BCUT2D eigenvalue weighted by Gasteiger charge is -2.45. The third kappa shape index (κ3) is 4.51. The summed E-state index contributed by atoms with van der Waals surface area (Å²) in [5.41, 5.74) is 11.1. The fourth-order valence-electron chi connectivity index (χ4n) is 9.81. The van der Waals surface area contributed by atoms with E-state index in [1.54, 1.807) is 21.4 Å². The molecule has 288 valence electrons. The molecule has 0 saturated heterocycles. The molecule has 1 aliphatic rings. The normalized spacial score (nSPS) is 18.2. The quantitative estimate of drug-likeness (QED) is 0.133. The van der Waals surface area contributed by atoms with E-state index in [4.69, 9.17) is 20.4 Å². The first-order valence-corrected chi connectivity index (χ1v) is 20.0. The van der Waals surface area contributed by atoms with Gasteiger partial charge in [0.25, 0.3) is 0 Å². The predicted molar refractivity (Wildman–Crippen MR) is 232 cm³/mol. The molecule has 0 amide bonds. The second-order valence-electron chi connectivity index (χ2n) is 15.7. The fraction of sp³-hybridized carbons (Fsp3) is 0.0833. The molecule has 13 rings (SSSR count). The Hall–Kier alpha value is -7.80. The van der Waals surface area contributed by atoms with Crippen LogP contribution in [-0.2, 0) is 0 Å². The third-order valence-electron chi connectivity index (χ3n) is 12.6. The van der Waals surface area contributed by atoms with Crippen molar-refractivity contribution in [2.45, 2.75) is 24.0 Å². The minimum absolute atomic E-state index is 0.589. The molecular weight excluding hydrogens is 749 g/mol. The molecule has 0 bridgehead atoms. The molecule has 12 aromatic rings. The molecule has 0 aliphatic heterocycles. The smallest absolute Gasteiger partial charge is 0.182 e. The van der Waals surface area contributed by atoms with E-state index in [1.165, 1.54) is 0 Å². The zero-order valence-corrected chi connectivity index (χ0v) is 31.8. The number of benzene rings is 6. The number of H-pyrrole nitrogens is 2. The van der Waals surface area contributed by atoms with Crippen LogP contribution in [0.1, 0.15) is 23.0 Å². The highest BCUT2D eigenvalue weighted by Gasteiger charge is 2.53. The molecule has 1 aliphatic carbocycles. The van der Waals surface area contributed by atoms with Gasteiger partial charge >= 0.3 is 0 Å². The lowest BCUT2D eigenvalue weighted by molar-refractivity contribution is -0.0777. The van der Waals surface area contributed by atoms with Crippen LogP contribution in [0.2, 0.25) is 0 Å². The van der Waals surface area contributed by atoms with Crippen molar-refractivity contribution in [2.75, 3.05) is 0 Å². The van der Waals surface area contributed by atoms with Crippen molar-refractivity contribution in [1.82, 2.24) is 48.8 Å². The van der Waals surface area contributed by atoms with Crippen LogP contribution < -0.4 is 0 Å². The van der Waals surface area contributed by atoms with Crippen molar-refractivity contribution < 1.29 is 10.2 Å². The van der Waals surface area contributed by atoms with E-state index in [0.29, 0.717) is 34.1 Å². The summed E-state index contributed by atoms with van der Waals surface area (Å²) >= 11 is 0. The van der Waals surface area contributed by atoms with Crippen LogP contribution in [0, 0.1) is 0 Å². The average molecular weight is 783 g/mol. The number of aliphatic hydroxyl groups excluding tert-OH is 2. The second kappa shape index (κ2) is 12.4. The first-order chi connectivity index (χ1) is 29.6. The van der Waals surface area contributed by atoms with Crippen molar-refractivity contribution in [3.8, 4) is 34.2 Å². The topological polar surface area (TPSA) is 142 Å². The van der Waals surface area contributed by atoms with Gasteiger partial charge in [0.15, 0.2) is 22.9 Å². The van der Waals surface area contributed by atoms with Crippen molar-refractivity contribution in [2.24, 2.45) is 0 Å². The molecule has 12 nitrogen and oxygen atoms in total. The molecule has 4 N–H and O–H groups in total. The SMILES string of the molecule is OC1C(c2cnn3c(-c4ccc5c(c4)c4ccccc4n5-c4ccccc4)n[nH]c23)C(O)C1c1cnn2c(-c3ccc4c(c3)c3ccccc3n4-c3ccccc3)n[nH]c12. The molecule has 0 atom stereocenters. The van der Waals surface area contributed by atoms with E-state index in [-0.39, 0.29) is 0 Å². The number of nitrogens with one attached hydrogen (secondary N) is 2. The van der Waals surface area contributed by atoms with Gasteiger partial charge in [-0.25, -0.2) is 0 Å². The Bertz CT molecular complexity index is 3380. The van der Waals surface area contributed by atoms with Gasteiger partial charge < -0.3 is 19.3 Å². The maximum absolute atomic E-state index is 11.8. The molecule has 6 heterocycles. The van der Waals surface area contributed by atoms with Crippen LogP contribution in [0.15, 0.2) is 158 Å². The molecule has 0 radical (unpaired) electrons. The third-order valence-corrected chi connectivity index (χ3v) is 12.6. The Balaban J connectivity index is 0.821. The predicted octanol–water partition coefficient (Wildman–Crippen LogP) is 8.56. The number of aliphatic hydroxyl groups is 2. The van der Waals surface area contributed by atoms with Crippen LogP contribution in [0.25, 0.3) is 89.1 Å². The van der Waals surface area contributed by atoms with Gasteiger partial charge in [-0.05, 0) is 72.8 Å². The van der Waals surface area contributed by atoms with Crippen LogP contribution in [-0.4, -0.2) is 71.2 Å². The van der Waals surface area contributed by atoms with E-state index in [9.17, 15) is 10.2 Å². The van der Waals surface area contributed by atoms with Gasteiger partial charge in [0.1, 0.15) is 0 Å². The maximum atomic E-state index is 11.8. The Morgan fingerprint density at radius 2 is 0.833 bits per heavy atom. The molecule has 12 heteroatoms. The number of aromatic amines is 2. The Morgan fingerprint density at radius 1 is 0.433 bits per heavy atom. The van der Waals surface area contributed by atoms with Crippen molar-refractivity contribution >= 4 is 54.9 Å². The number of fused-ring (bicyclic) bond motifs is 8. The number of hydrogen-bond donors (Lipinski definition) is 4. The van der Waals surface area contributed by atoms with Gasteiger partial charge in [-0.15, -0.1) is 0 Å². The second-order valence-corrected chi connectivity index (χ2v) is 15.7. The fourth-order valence-corrected chi connectivity index (χ4v) is 9.81. The monoisotopic (exact) mass is 782 g/mol. The highest BCUT2D eigenvalue weighted by atomic mass is 16.3.